The molecule has 3 aromatic rings. The molecule has 0 amide bonds. The molecule has 0 saturated heterocycles. The molecule has 2 heterocycles. The summed E-state index contributed by atoms with van der Waals surface area (Å²) in [6, 6.07) is 13.4. The molecule has 0 bridgehead atoms. The topological polar surface area (TPSA) is 65.5 Å². The van der Waals surface area contributed by atoms with Gasteiger partial charge < -0.3 is 9.47 Å². The Bertz CT molecular complexity index is 1110. The molecule has 4 rings (SSSR count). The summed E-state index contributed by atoms with van der Waals surface area (Å²) < 4.78 is 11.2. The lowest BCUT2D eigenvalue weighted by Crippen LogP contribution is -2.08. The number of allylic oxidation sites excluding steroid dienone is 1. The van der Waals surface area contributed by atoms with Crippen LogP contribution in [0.25, 0.3) is 6.08 Å². The van der Waals surface area contributed by atoms with Crippen LogP contribution in [0.1, 0.15) is 31.8 Å². The summed E-state index contributed by atoms with van der Waals surface area (Å²) in [5.41, 5.74) is 2.31. The fourth-order valence-electron chi connectivity index (χ4n) is 2.90. The van der Waals surface area contributed by atoms with Gasteiger partial charge in [0, 0.05) is 23.5 Å². The highest BCUT2D eigenvalue weighted by molar-refractivity contribution is 6.30. The first-order valence-corrected chi connectivity index (χ1v) is 8.86. The molecular weight excluding hydrogens is 378 g/mol. The van der Waals surface area contributed by atoms with E-state index in [0.29, 0.717) is 33.2 Å². The highest BCUT2D eigenvalue weighted by Gasteiger charge is 2.30. The molecule has 0 fully saturated rings. The third-order valence-electron chi connectivity index (χ3n) is 4.24. The van der Waals surface area contributed by atoms with Gasteiger partial charge in [-0.1, -0.05) is 23.7 Å². The Morgan fingerprint density at radius 1 is 1.11 bits per heavy atom. The van der Waals surface area contributed by atoms with Crippen molar-refractivity contribution < 1.29 is 19.1 Å². The molecule has 0 N–H and O–H groups in total. The summed E-state index contributed by atoms with van der Waals surface area (Å²) in [6.45, 7) is 1.77. The normalized spacial score (nSPS) is 13.9. The number of rotatable bonds is 3. The van der Waals surface area contributed by atoms with Crippen LogP contribution in [0.4, 0.5) is 0 Å². The van der Waals surface area contributed by atoms with E-state index in [9.17, 15) is 9.59 Å². The van der Waals surface area contributed by atoms with Crippen molar-refractivity contribution >= 4 is 29.4 Å². The lowest BCUT2D eigenvalue weighted by atomic mass is 10.0. The van der Waals surface area contributed by atoms with Crippen LogP contribution in [0.15, 0.2) is 66.7 Å². The molecule has 1 aliphatic rings. The van der Waals surface area contributed by atoms with Gasteiger partial charge in [0.2, 0.25) is 5.78 Å². The van der Waals surface area contributed by atoms with Gasteiger partial charge >= 0.3 is 5.97 Å². The van der Waals surface area contributed by atoms with Crippen molar-refractivity contribution in [2.75, 3.05) is 0 Å². The maximum Gasteiger partial charge on any atom is 0.343 e. The molecule has 0 spiro atoms. The van der Waals surface area contributed by atoms with Crippen LogP contribution in [-0.4, -0.2) is 16.7 Å². The number of aryl methyl sites for hydroxylation is 1. The third kappa shape index (κ3) is 3.52. The van der Waals surface area contributed by atoms with Crippen molar-refractivity contribution in [2.24, 2.45) is 0 Å². The van der Waals surface area contributed by atoms with Gasteiger partial charge in [-0.05, 0) is 54.5 Å². The monoisotopic (exact) mass is 391 g/mol. The van der Waals surface area contributed by atoms with Gasteiger partial charge in [0.1, 0.15) is 11.5 Å². The van der Waals surface area contributed by atoms with Gasteiger partial charge in [0.25, 0.3) is 0 Å². The van der Waals surface area contributed by atoms with E-state index < -0.39 is 5.97 Å². The number of nitrogens with zero attached hydrogens (tertiary/aromatic N) is 1. The van der Waals surface area contributed by atoms with Crippen molar-refractivity contribution in [1.82, 2.24) is 4.98 Å². The van der Waals surface area contributed by atoms with Gasteiger partial charge in [-0.15, -0.1) is 0 Å². The first-order valence-electron chi connectivity index (χ1n) is 8.48. The molecule has 0 atom stereocenters. The molecule has 6 heteroatoms. The summed E-state index contributed by atoms with van der Waals surface area (Å²) in [6.07, 6.45) is 4.68. The second-order valence-electron chi connectivity index (χ2n) is 6.23. The summed E-state index contributed by atoms with van der Waals surface area (Å²) in [5, 5.41) is 0.612. The zero-order chi connectivity index (χ0) is 19.7. The minimum Gasteiger partial charge on any atom is -0.452 e. The summed E-state index contributed by atoms with van der Waals surface area (Å²) in [7, 11) is 0. The van der Waals surface area contributed by atoms with Crippen LogP contribution in [-0.2, 0) is 0 Å². The predicted octanol–water partition coefficient (Wildman–Crippen LogP) is 4.88. The number of hydrogen-bond acceptors (Lipinski definition) is 5. The lowest BCUT2D eigenvalue weighted by molar-refractivity contribution is 0.0734. The summed E-state index contributed by atoms with van der Waals surface area (Å²) >= 11 is 5.89. The number of ketones is 1. The summed E-state index contributed by atoms with van der Waals surface area (Å²) in [5.74, 6) is 0.150. The Morgan fingerprint density at radius 2 is 1.82 bits per heavy atom. The Kier molecular flexibility index (Phi) is 4.67. The molecule has 28 heavy (non-hydrogen) atoms. The number of fused-ring (bicyclic) bond motifs is 1. The van der Waals surface area contributed by atoms with E-state index in [4.69, 9.17) is 21.1 Å². The van der Waals surface area contributed by atoms with Crippen molar-refractivity contribution in [3.05, 3.63) is 94.0 Å². The lowest BCUT2D eigenvalue weighted by Gasteiger charge is -2.07. The molecule has 1 aliphatic heterocycles. The number of ether oxygens (including phenoxy) is 2. The number of carbonyl (C=O) groups excluding carboxylic acids is 2. The largest absolute Gasteiger partial charge is 0.452 e. The number of carbonyl (C=O) groups is 2. The molecular formula is C22H14ClNO4. The molecule has 2 aromatic carbocycles. The molecule has 5 nitrogen and oxygen atoms in total. The van der Waals surface area contributed by atoms with Crippen LogP contribution in [0.3, 0.4) is 0 Å². The first kappa shape index (κ1) is 17.9. The number of benzene rings is 2. The van der Waals surface area contributed by atoms with Gasteiger partial charge in [0.15, 0.2) is 5.76 Å². The number of pyridine rings is 1. The zero-order valence-corrected chi connectivity index (χ0v) is 15.6. The van der Waals surface area contributed by atoms with E-state index >= 15 is 0 Å². The molecule has 1 aromatic heterocycles. The smallest absolute Gasteiger partial charge is 0.343 e. The average Bonchev–Trinajstić information content (AvgIpc) is 3.00. The first-order chi connectivity index (χ1) is 13.5. The quantitative estimate of drug-likeness (QED) is 0.361. The average molecular weight is 392 g/mol. The second-order valence-corrected chi connectivity index (χ2v) is 6.67. The van der Waals surface area contributed by atoms with Crippen LogP contribution in [0.5, 0.6) is 11.5 Å². The fraction of sp³-hybridized carbons (Fsp3) is 0.0455. The van der Waals surface area contributed by atoms with Gasteiger partial charge in [-0.25, -0.2) is 4.79 Å². The van der Waals surface area contributed by atoms with E-state index in [0.717, 1.165) is 5.56 Å². The van der Waals surface area contributed by atoms with E-state index in [-0.39, 0.29) is 11.5 Å². The standard InChI is InChI=1S/C22H14ClNO4/c1-13-10-17(27-22(26)15-6-8-24-9-7-15)12-18-20(13)21(25)19(28-18)11-14-2-4-16(23)5-3-14/h2-12H,1H3/b19-11-. The molecule has 0 radical (unpaired) electrons. The van der Waals surface area contributed by atoms with E-state index in [1.165, 1.54) is 12.4 Å². The van der Waals surface area contributed by atoms with E-state index in [1.54, 1.807) is 61.5 Å². The van der Waals surface area contributed by atoms with Gasteiger partial charge in [-0.2, -0.15) is 0 Å². The van der Waals surface area contributed by atoms with Crippen molar-refractivity contribution in [3.63, 3.8) is 0 Å². The third-order valence-corrected chi connectivity index (χ3v) is 4.49. The Labute approximate surface area is 166 Å². The number of aromatic nitrogens is 1. The maximum absolute atomic E-state index is 12.7. The number of hydrogen-bond donors (Lipinski definition) is 0. The van der Waals surface area contributed by atoms with Crippen LogP contribution in [0, 0.1) is 6.92 Å². The maximum atomic E-state index is 12.7. The number of esters is 1. The highest BCUT2D eigenvalue weighted by atomic mass is 35.5. The van der Waals surface area contributed by atoms with Crippen molar-refractivity contribution in [2.45, 2.75) is 6.92 Å². The Morgan fingerprint density at radius 3 is 2.54 bits per heavy atom. The highest BCUT2D eigenvalue weighted by Crippen LogP contribution is 2.37. The van der Waals surface area contributed by atoms with Crippen LogP contribution >= 0.6 is 11.6 Å². The number of halogens is 1. The zero-order valence-electron chi connectivity index (χ0n) is 14.8. The fourth-order valence-corrected chi connectivity index (χ4v) is 3.03. The predicted molar refractivity (Wildman–Crippen MR) is 105 cm³/mol. The van der Waals surface area contributed by atoms with Crippen LogP contribution < -0.4 is 9.47 Å². The van der Waals surface area contributed by atoms with Gasteiger partial charge in [0.05, 0.1) is 11.1 Å². The molecule has 0 saturated carbocycles. The van der Waals surface area contributed by atoms with Crippen molar-refractivity contribution in [1.29, 1.82) is 0 Å². The van der Waals surface area contributed by atoms with E-state index in [2.05, 4.69) is 4.98 Å². The second kappa shape index (κ2) is 7.29. The van der Waals surface area contributed by atoms with Crippen LogP contribution in [0.2, 0.25) is 5.02 Å². The minimum absolute atomic E-state index is 0.207. The minimum atomic E-state index is -0.511. The molecule has 0 unspecified atom stereocenters. The SMILES string of the molecule is Cc1cc(OC(=O)c2ccncc2)cc2c1C(=O)/C(=C/c1ccc(Cl)cc1)O2. The van der Waals surface area contributed by atoms with E-state index in [1.807, 2.05) is 0 Å². The van der Waals surface area contributed by atoms with Gasteiger partial charge in [-0.3, -0.25) is 9.78 Å². The Balaban J connectivity index is 1.61. The summed E-state index contributed by atoms with van der Waals surface area (Å²) in [4.78, 5) is 28.8. The molecule has 0 aliphatic carbocycles. The van der Waals surface area contributed by atoms with Crippen molar-refractivity contribution in [3.8, 4) is 11.5 Å². The number of Topliss-reactive ketones (excluding diaryl/α,β-unsaturated/α-hetero) is 1. The molecule has 138 valence electrons. The Hall–Kier alpha value is -3.44.